The number of carbonyl (C=O) groups is 1. The van der Waals surface area contributed by atoms with E-state index < -0.39 is 10.0 Å². The van der Waals surface area contributed by atoms with Crippen LogP contribution in [0.2, 0.25) is 0 Å². The molecule has 0 radical (unpaired) electrons. The monoisotopic (exact) mass is 306 g/mol. The second-order valence-electron chi connectivity index (χ2n) is 4.73. The number of benzene rings is 2. The van der Waals surface area contributed by atoms with Crippen LogP contribution in [-0.4, -0.2) is 38.0 Å². The lowest BCUT2D eigenvalue weighted by molar-refractivity contribution is -0.116. The topological polar surface area (TPSA) is 66.5 Å². The van der Waals surface area contributed by atoms with Crippen molar-refractivity contribution in [2.75, 3.05) is 24.7 Å². The highest BCUT2D eigenvalue weighted by molar-refractivity contribution is 7.89. The number of anilines is 1. The standard InChI is InChI=1S/C15H18N2O3S/c1-3-21(19,20)17(2)11-15(18)16-14-10-6-8-12-7-4-5-9-13(12)14/h4-10H,3,11H2,1-2H3,(H,16,18). The quantitative estimate of drug-likeness (QED) is 0.919. The molecule has 0 aliphatic carbocycles. The Morgan fingerprint density at radius 3 is 2.52 bits per heavy atom. The summed E-state index contributed by atoms with van der Waals surface area (Å²) in [6.07, 6.45) is 0. The van der Waals surface area contributed by atoms with Crippen molar-refractivity contribution in [3.8, 4) is 0 Å². The van der Waals surface area contributed by atoms with Gasteiger partial charge in [-0.3, -0.25) is 4.79 Å². The summed E-state index contributed by atoms with van der Waals surface area (Å²) in [5.41, 5.74) is 0.681. The summed E-state index contributed by atoms with van der Waals surface area (Å²) in [6.45, 7) is 1.35. The van der Waals surface area contributed by atoms with Crippen molar-refractivity contribution in [2.45, 2.75) is 6.92 Å². The van der Waals surface area contributed by atoms with Crippen molar-refractivity contribution in [1.82, 2.24) is 4.31 Å². The number of hydrogen-bond acceptors (Lipinski definition) is 3. The first kappa shape index (κ1) is 15.5. The third-order valence-electron chi connectivity index (χ3n) is 3.27. The zero-order valence-corrected chi connectivity index (χ0v) is 12.9. The second kappa shape index (κ2) is 6.24. The Bertz CT molecular complexity index is 751. The fraction of sp³-hybridized carbons (Fsp3) is 0.267. The van der Waals surface area contributed by atoms with Gasteiger partial charge >= 0.3 is 0 Å². The lowest BCUT2D eigenvalue weighted by atomic mass is 10.1. The predicted octanol–water partition coefficient (Wildman–Crippen LogP) is 2.06. The fourth-order valence-corrected chi connectivity index (χ4v) is 2.80. The molecule has 2 aromatic rings. The number of nitrogens with zero attached hydrogens (tertiary/aromatic N) is 1. The van der Waals surface area contributed by atoms with Crippen LogP contribution in [0.3, 0.4) is 0 Å². The summed E-state index contributed by atoms with van der Waals surface area (Å²) in [5.74, 6) is -0.378. The van der Waals surface area contributed by atoms with Crippen LogP contribution in [0.25, 0.3) is 10.8 Å². The van der Waals surface area contributed by atoms with E-state index in [0.29, 0.717) is 5.69 Å². The molecule has 0 aromatic heterocycles. The Morgan fingerprint density at radius 2 is 1.81 bits per heavy atom. The van der Waals surface area contributed by atoms with E-state index in [0.717, 1.165) is 15.1 Å². The van der Waals surface area contributed by atoms with Gasteiger partial charge in [0.15, 0.2) is 0 Å². The maximum atomic E-state index is 12.0. The third kappa shape index (κ3) is 3.59. The molecule has 0 heterocycles. The first-order valence-electron chi connectivity index (χ1n) is 6.65. The molecule has 0 atom stereocenters. The molecule has 6 heteroatoms. The van der Waals surface area contributed by atoms with E-state index in [1.165, 1.54) is 7.05 Å². The Hall–Kier alpha value is -1.92. The van der Waals surface area contributed by atoms with Crippen LogP contribution in [0.4, 0.5) is 5.69 Å². The Kier molecular flexibility index (Phi) is 4.59. The minimum absolute atomic E-state index is 0.0228. The maximum Gasteiger partial charge on any atom is 0.239 e. The van der Waals surface area contributed by atoms with Crippen LogP contribution in [0.15, 0.2) is 42.5 Å². The number of amides is 1. The number of carbonyl (C=O) groups excluding carboxylic acids is 1. The van der Waals surface area contributed by atoms with E-state index >= 15 is 0 Å². The number of nitrogens with one attached hydrogen (secondary N) is 1. The summed E-state index contributed by atoms with van der Waals surface area (Å²) in [5, 5.41) is 4.71. The van der Waals surface area contributed by atoms with Crippen LogP contribution in [0.1, 0.15) is 6.92 Å². The smallest absolute Gasteiger partial charge is 0.239 e. The number of hydrogen-bond donors (Lipinski definition) is 1. The van der Waals surface area contributed by atoms with Gasteiger partial charge in [0.05, 0.1) is 12.3 Å². The van der Waals surface area contributed by atoms with Crippen molar-refractivity contribution in [3.05, 3.63) is 42.5 Å². The molecule has 2 aromatic carbocycles. The number of sulfonamides is 1. The van der Waals surface area contributed by atoms with Gasteiger partial charge < -0.3 is 5.32 Å². The van der Waals surface area contributed by atoms with Crippen molar-refractivity contribution >= 4 is 32.4 Å². The van der Waals surface area contributed by atoms with Gasteiger partial charge in [0, 0.05) is 18.1 Å². The van der Waals surface area contributed by atoms with Gasteiger partial charge in [-0.25, -0.2) is 8.42 Å². The molecular weight excluding hydrogens is 288 g/mol. The first-order chi connectivity index (χ1) is 9.94. The summed E-state index contributed by atoms with van der Waals surface area (Å²) in [7, 11) is -1.95. The second-order valence-corrected chi connectivity index (χ2v) is 7.10. The Morgan fingerprint density at radius 1 is 1.14 bits per heavy atom. The molecule has 1 amide bonds. The third-order valence-corrected chi connectivity index (χ3v) is 5.08. The van der Waals surface area contributed by atoms with Gasteiger partial charge in [0.2, 0.25) is 15.9 Å². The first-order valence-corrected chi connectivity index (χ1v) is 8.26. The molecule has 0 bridgehead atoms. The maximum absolute atomic E-state index is 12.0. The molecule has 0 unspecified atom stereocenters. The van der Waals surface area contributed by atoms with Crippen LogP contribution in [0, 0.1) is 0 Å². The van der Waals surface area contributed by atoms with Crippen molar-refractivity contribution in [2.24, 2.45) is 0 Å². The highest BCUT2D eigenvalue weighted by Gasteiger charge is 2.18. The summed E-state index contributed by atoms with van der Waals surface area (Å²) in [6, 6.07) is 13.3. The normalized spacial score (nSPS) is 11.8. The number of likely N-dealkylation sites (N-methyl/N-ethyl adjacent to an activating group) is 1. The van der Waals surface area contributed by atoms with Crippen molar-refractivity contribution in [1.29, 1.82) is 0 Å². The molecule has 5 nitrogen and oxygen atoms in total. The zero-order chi connectivity index (χ0) is 15.5. The van der Waals surface area contributed by atoms with Gasteiger partial charge in [0.1, 0.15) is 0 Å². The van der Waals surface area contributed by atoms with Crippen molar-refractivity contribution < 1.29 is 13.2 Å². The molecule has 0 saturated carbocycles. The van der Waals surface area contributed by atoms with Crippen LogP contribution < -0.4 is 5.32 Å². The van der Waals surface area contributed by atoms with Crippen LogP contribution in [-0.2, 0) is 14.8 Å². The predicted molar refractivity (Wildman–Crippen MR) is 84.7 cm³/mol. The average Bonchev–Trinajstić information content (AvgIpc) is 2.47. The largest absolute Gasteiger partial charge is 0.324 e. The molecule has 0 spiro atoms. The zero-order valence-electron chi connectivity index (χ0n) is 12.0. The molecular formula is C15H18N2O3S. The summed E-state index contributed by atoms with van der Waals surface area (Å²) < 4.78 is 24.4. The Balaban J connectivity index is 2.16. The van der Waals surface area contributed by atoms with Crippen LogP contribution in [0.5, 0.6) is 0 Å². The Labute approximate surface area is 124 Å². The van der Waals surface area contributed by atoms with E-state index in [1.807, 2.05) is 36.4 Å². The minimum Gasteiger partial charge on any atom is -0.324 e. The lowest BCUT2D eigenvalue weighted by Gasteiger charge is -2.16. The van der Waals surface area contributed by atoms with E-state index in [-0.39, 0.29) is 18.2 Å². The molecule has 0 fully saturated rings. The molecule has 2 rings (SSSR count). The van der Waals surface area contributed by atoms with E-state index in [4.69, 9.17) is 0 Å². The molecule has 1 N–H and O–H groups in total. The minimum atomic E-state index is -3.36. The molecule has 0 saturated heterocycles. The molecule has 0 aliphatic rings. The lowest BCUT2D eigenvalue weighted by Crippen LogP contribution is -2.35. The van der Waals surface area contributed by atoms with Crippen molar-refractivity contribution in [3.63, 3.8) is 0 Å². The fourth-order valence-electron chi connectivity index (χ4n) is 2.05. The van der Waals surface area contributed by atoms with Gasteiger partial charge in [-0.1, -0.05) is 36.4 Å². The number of fused-ring (bicyclic) bond motifs is 1. The van der Waals surface area contributed by atoms with Gasteiger partial charge in [0.25, 0.3) is 0 Å². The highest BCUT2D eigenvalue weighted by atomic mass is 32.2. The van der Waals surface area contributed by atoms with Gasteiger partial charge in [-0.15, -0.1) is 0 Å². The van der Waals surface area contributed by atoms with E-state index in [1.54, 1.807) is 13.0 Å². The summed E-state index contributed by atoms with van der Waals surface area (Å²) in [4.78, 5) is 12.0. The SMILES string of the molecule is CCS(=O)(=O)N(C)CC(=O)Nc1cccc2ccccc12. The highest BCUT2D eigenvalue weighted by Crippen LogP contribution is 2.22. The average molecular weight is 306 g/mol. The molecule has 21 heavy (non-hydrogen) atoms. The van der Waals surface area contributed by atoms with Crippen LogP contribution >= 0.6 is 0 Å². The number of rotatable bonds is 5. The van der Waals surface area contributed by atoms with E-state index in [2.05, 4.69) is 5.32 Å². The molecule has 112 valence electrons. The van der Waals surface area contributed by atoms with Gasteiger partial charge in [-0.05, 0) is 18.4 Å². The summed E-state index contributed by atoms with van der Waals surface area (Å²) >= 11 is 0. The van der Waals surface area contributed by atoms with E-state index in [9.17, 15) is 13.2 Å². The van der Waals surface area contributed by atoms with Gasteiger partial charge in [-0.2, -0.15) is 4.31 Å². The molecule has 0 aliphatic heterocycles.